The summed E-state index contributed by atoms with van der Waals surface area (Å²) >= 11 is 0. The van der Waals surface area contributed by atoms with Gasteiger partial charge in [-0.2, -0.15) is 0 Å². The molecule has 2 aliphatic rings. The van der Waals surface area contributed by atoms with Crippen LogP contribution in [0.2, 0.25) is 0 Å². The Balaban J connectivity index is 1.10. The normalized spacial score (nSPS) is 17.4. The molecule has 1 aromatic heterocycles. The summed E-state index contributed by atoms with van der Waals surface area (Å²) in [4.78, 5) is 7.80. The first-order chi connectivity index (χ1) is 15.2. The van der Waals surface area contributed by atoms with Gasteiger partial charge in [-0.1, -0.05) is 24.3 Å². The summed E-state index contributed by atoms with van der Waals surface area (Å²) < 4.78 is 27.8. The molecule has 1 fully saturated rings. The summed E-state index contributed by atoms with van der Waals surface area (Å²) in [6.45, 7) is 5.34. The minimum atomic E-state index is -0.515. The highest BCUT2D eigenvalue weighted by Crippen LogP contribution is 2.29. The summed E-state index contributed by atoms with van der Waals surface area (Å²) in [6, 6.07) is 11.6. The molecule has 31 heavy (non-hydrogen) atoms. The van der Waals surface area contributed by atoms with Crippen molar-refractivity contribution in [1.29, 1.82) is 0 Å². The van der Waals surface area contributed by atoms with Crippen LogP contribution in [-0.2, 0) is 6.54 Å². The quantitative estimate of drug-likeness (QED) is 0.612. The standard InChI is InChI=1S/C25H28F2N4/c26-20-15-23(27)22-2-1-9-31(25(22)16-20)13-12-30-10-6-21(7-11-30)29-17-18-3-4-19-5-8-28-24(19)14-18/h1-5,8,14-16,21,28-29H,6-7,9-13,17H2. The van der Waals surface area contributed by atoms with Crippen LogP contribution in [0.1, 0.15) is 24.0 Å². The maximum Gasteiger partial charge on any atom is 0.135 e. The molecule has 0 bridgehead atoms. The van der Waals surface area contributed by atoms with Crippen molar-refractivity contribution in [2.24, 2.45) is 0 Å². The molecule has 2 aromatic carbocycles. The zero-order valence-corrected chi connectivity index (χ0v) is 17.6. The summed E-state index contributed by atoms with van der Waals surface area (Å²) in [5.74, 6) is -1.00. The van der Waals surface area contributed by atoms with E-state index >= 15 is 0 Å². The van der Waals surface area contributed by atoms with Gasteiger partial charge in [-0.05, 0) is 55.1 Å². The molecule has 0 atom stereocenters. The first-order valence-corrected chi connectivity index (χ1v) is 11.1. The SMILES string of the molecule is Fc1cc(F)c2c(c1)N(CCN1CCC(NCc3ccc4cc[nH]c4c3)CC1)CC=C2. The number of rotatable bonds is 6. The van der Waals surface area contributed by atoms with Crippen molar-refractivity contribution in [3.05, 3.63) is 71.4 Å². The number of hydrogen-bond donors (Lipinski definition) is 2. The molecule has 2 N–H and O–H groups in total. The summed E-state index contributed by atoms with van der Waals surface area (Å²) in [5.41, 5.74) is 3.64. The highest BCUT2D eigenvalue weighted by molar-refractivity contribution is 5.79. The molecule has 162 valence electrons. The van der Waals surface area contributed by atoms with Crippen LogP contribution in [0.4, 0.5) is 14.5 Å². The fourth-order valence-corrected chi connectivity index (χ4v) is 4.70. The van der Waals surface area contributed by atoms with Gasteiger partial charge < -0.3 is 20.1 Å². The van der Waals surface area contributed by atoms with Crippen molar-refractivity contribution in [3.8, 4) is 0 Å². The van der Waals surface area contributed by atoms with E-state index < -0.39 is 11.6 Å². The van der Waals surface area contributed by atoms with Crippen LogP contribution in [0.15, 0.2) is 48.7 Å². The predicted molar refractivity (Wildman–Crippen MR) is 122 cm³/mol. The molecule has 4 nitrogen and oxygen atoms in total. The van der Waals surface area contributed by atoms with Crippen molar-refractivity contribution < 1.29 is 8.78 Å². The number of fused-ring (bicyclic) bond motifs is 2. The van der Waals surface area contributed by atoms with Crippen molar-refractivity contribution in [2.45, 2.75) is 25.4 Å². The molecule has 0 aliphatic carbocycles. The Hall–Kier alpha value is -2.70. The van der Waals surface area contributed by atoms with Gasteiger partial charge in [0.1, 0.15) is 11.6 Å². The fraction of sp³-hybridized carbons (Fsp3) is 0.360. The van der Waals surface area contributed by atoms with Crippen LogP contribution in [0, 0.1) is 11.6 Å². The number of hydrogen-bond acceptors (Lipinski definition) is 3. The van der Waals surface area contributed by atoms with Crippen LogP contribution < -0.4 is 10.2 Å². The lowest BCUT2D eigenvalue weighted by atomic mass is 10.0. The average molecular weight is 423 g/mol. The molecule has 1 saturated heterocycles. The Kier molecular flexibility index (Phi) is 5.74. The molecule has 0 spiro atoms. The monoisotopic (exact) mass is 422 g/mol. The zero-order valence-electron chi connectivity index (χ0n) is 17.6. The minimum absolute atomic E-state index is 0.488. The number of H-pyrrole nitrogens is 1. The third kappa shape index (κ3) is 4.50. The van der Waals surface area contributed by atoms with Gasteiger partial charge in [0.05, 0.1) is 5.69 Å². The Labute approximate surface area is 181 Å². The lowest BCUT2D eigenvalue weighted by Crippen LogP contribution is -2.45. The summed E-state index contributed by atoms with van der Waals surface area (Å²) in [6.07, 6.45) is 7.91. The molecule has 2 aliphatic heterocycles. The van der Waals surface area contributed by atoms with Crippen molar-refractivity contribution in [1.82, 2.24) is 15.2 Å². The maximum atomic E-state index is 14.1. The highest BCUT2D eigenvalue weighted by atomic mass is 19.1. The third-order valence-corrected chi connectivity index (χ3v) is 6.51. The molecule has 5 rings (SSSR count). The third-order valence-electron chi connectivity index (χ3n) is 6.51. The van der Waals surface area contributed by atoms with Crippen molar-refractivity contribution in [2.75, 3.05) is 37.6 Å². The van der Waals surface area contributed by atoms with Crippen molar-refractivity contribution >= 4 is 22.7 Å². The van der Waals surface area contributed by atoms with Gasteiger partial charge in [0.15, 0.2) is 0 Å². The second-order valence-corrected chi connectivity index (χ2v) is 8.56. The van der Waals surface area contributed by atoms with E-state index in [9.17, 15) is 8.78 Å². The first-order valence-electron chi connectivity index (χ1n) is 11.1. The van der Waals surface area contributed by atoms with E-state index in [1.54, 1.807) is 6.08 Å². The number of anilines is 1. The Morgan fingerprint density at radius 1 is 1.03 bits per heavy atom. The van der Waals surface area contributed by atoms with Crippen molar-refractivity contribution in [3.63, 3.8) is 0 Å². The highest BCUT2D eigenvalue weighted by Gasteiger charge is 2.21. The molecule has 0 saturated carbocycles. The van der Waals surface area contributed by atoms with E-state index in [1.165, 1.54) is 22.5 Å². The molecule has 0 unspecified atom stereocenters. The number of nitrogens with zero attached hydrogens (tertiary/aromatic N) is 2. The number of aromatic amines is 1. The van der Waals surface area contributed by atoms with Crippen LogP contribution >= 0.6 is 0 Å². The van der Waals surface area contributed by atoms with E-state index in [2.05, 4.69) is 44.4 Å². The van der Waals surface area contributed by atoms with Crippen LogP contribution in [0.3, 0.4) is 0 Å². The Morgan fingerprint density at radius 2 is 1.90 bits per heavy atom. The molecule has 3 heterocycles. The van der Waals surface area contributed by atoms with E-state index in [1.807, 2.05) is 12.3 Å². The van der Waals surface area contributed by atoms with Gasteiger partial charge in [0, 0.05) is 55.6 Å². The minimum Gasteiger partial charge on any atom is -0.366 e. The van der Waals surface area contributed by atoms with Crippen LogP contribution in [-0.4, -0.2) is 48.6 Å². The van der Waals surface area contributed by atoms with E-state index in [0.29, 0.717) is 23.8 Å². The second-order valence-electron chi connectivity index (χ2n) is 8.56. The first kappa shape index (κ1) is 20.2. The Bertz CT molecular complexity index is 1080. The number of likely N-dealkylation sites (tertiary alicyclic amines) is 1. The molecule has 3 aromatic rings. The smallest absolute Gasteiger partial charge is 0.135 e. The van der Waals surface area contributed by atoms with Crippen LogP contribution in [0.5, 0.6) is 0 Å². The average Bonchev–Trinajstić information content (AvgIpc) is 3.25. The van der Waals surface area contributed by atoms with E-state index in [4.69, 9.17) is 0 Å². The number of aromatic nitrogens is 1. The Morgan fingerprint density at radius 3 is 2.77 bits per heavy atom. The van der Waals surface area contributed by atoms with Gasteiger partial charge >= 0.3 is 0 Å². The van der Waals surface area contributed by atoms with Gasteiger partial charge in [-0.3, -0.25) is 0 Å². The molecule has 6 heteroatoms. The van der Waals surface area contributed by atoms with Gasteiger partial charge in [0.25, 0.3) is 0 Å². The van der Waals surface area contributed by atoms with E-state index in [0.717, 1.165) is 51.6 Å². The fourth-order valence-electron chi connectivity index (χ4n) is 4.70. The maximum absolute atomic E-state index is 14.1. The number of nitrogens with one attached hydrogen (secondary N) is 2. The zero-order chi connectivity index (χ0) is 21.2. The molecular formula is C25H28F2N4. The second kappa shape index (κ2) is 8.81. The topological polar surface area (TPSA) is 34.3 Å². The van der Waals surface area contributed by atoms with Gasteiger partial charge in [-0.15, -0.1) is 0 Å². The molecular weight excluding hydrogens is 394 g/mol. The molecule has 0 radical (unpaired) electrons. The number of benzene rings is 2. The van der Waals surface area contributed by atoms with Crippen LogP contribution in [0.25, 0.3) is 17.0 Å². The summed E-state index contributed by atoms with van der Waals surface area (Å²) in [5, 5.41) is 4.95. The predicted octanol–water partition coefficient (Wildman–Crippen LogP) is 4.53. The number of halogens is 2. The van der Waals surface area contributed by atoms with Gasteiger partial charge in [0.2, 0.25) is 0 Å². The largest absolute Gasteiger partial charge is 0.366 e. The number of piperidine rings is 1. The lowest BCUT2D eigenvalue weighted by molar-refractivity contribution is 0.201. The molecule has 0 amide bonds. The van der Waals surface area contributed by atoms with Gasteiger partial charge in [-0.25, -0.2) is 8.78 Å². The lowest BCUT2D eigenvalue weighted by Gasteiger charge is -2.35. The summed E-state index contributed by atoms with van der Waals surface area (Å²) in [7, 11) is 0. The van der Waals surface area contributed by atoms with E-state index in [-0.39, 0.29) is 0 Å².